The average molecular weight is 521 g/mol. The fourth-order valence-corrected chi connectivity index (χ4v) is 5.17. The Morgan fingerprint density at radius 1 is 1.14 bits per heavy atom. The van der Waals surface area contributed by atoms with Gasteiger partial charge in [0.25, 0.3) is 0 Å². The van der Waals surface area contributed by atoms with Crippen LogP contribution in [0.3, 0.4) is 0 Å². The highest BCUT2D eigenvalue weighted by molar-refractivity contribution is 5.88. The molecular formula is C30H33ClN2O4. The fourth-order valence-electron chi connectivity index (χ4n) is 5.17. The van der Waals surface area contributed by atoms with Crippen molar-refractivity contribution >= 4 is 18.4 Å². The molecule has 0 saturated heterocycles. The molecule has 0 bridgehead atoms. The standard InChI is InChI=1S/C30H32N2O4.ClH/c1-30(2,32)28(33)26-16-22-6-3-4-7-24(22)25(26)8-5-15-36-27-17-21(13-14-23(27)18-31)19-9-11-20(12-10-19)29(34)35;/h3-4,6-7,9-14,17,25-26,28,33H,5,8,15-16,32H2,1-2H3,(H,34,35);1H/t25?,26?,28-;/m1./s1. The van der Waals surface area contributed by atoms with Crippen LogP contribution >= 0.6 is 12.4 Å². The van der Waals surface area contributed by atoms with Crippen LogP contribution in [0.2, 0.25) is 0 Å². The van der Waals surface area contributed by atoms with Crippen LogP contribution in [-0.2, 0) is 6.42 Å². The molecule has 0 radical (unpaired) electrons. The molecule has 1 aliphatic carbocycles. The van der Waals surface area contributed by atoms with E-state index in [2.05, 4.69) is 18.2 Å². The summed E-state index contributed by atoms with van der Waals surface area (Å²) in [5, 5.41) is 29.7. The van der Waals surface area contributed by atoms with Gasteiger partial charge in [-0.05, 0) is 91.5 Å². The summed E-state index contributed by atoms with van der Waals surface area (Å²) < 4.78 is 6.06. The number of nitriles is 1. The van der Waals surface area contributed by atoms with Crippen molar-refractivity contribution in [3.63, 3.8) is 0 Å². The van der Waals surface area contributed by atoms with Crippen molar-refractivity contribution in [3.05, 3.63) is 89.0 Å². The number of hydrogen-bond donors (Lipinski definition) is 3. The summed E-state index contributed by atoms with van der Waals surface area (Å²) in [5.74, 6) is -0.227. The van der Waals surface area contributed by atoms with Crippen LogP contribution in [0.25, 0.3) is 11.1 Å². The van der Waals surface area contributed by atoms with Crippen molar-refractivity contribution in [3.8, 4) is 22.9 Å². The van der Waals surface area contributed by atoms with Crippen molar-refractivity contribution in [1.29, 1.82) is 5.26 Å². The van der Waals surface area contributed by atoms with E-state index in [9.17, 15) is 15.2 Å². The van der Waals surface area contributed by atoms with E-state index < -0.39 is 17.6 Å². The summed E-state index contributed by atoms with van der Waals surface area (Å²) in [6.45, 7) is 4.17. The molecule has 3 aromatic rings. The predicted octanol–water partition coefficient (Wildman–Crippen LogP) is 5.56. The highest BCUT2D eigenvalue weighted by atomic mass is 35.5. The highest BCUT2D eigenvalue weighted by Gasteiger charge is 2.41. The van der Waals surface area contributed by atoms with Crippen LogP contribution in [0.15, 0.2) is 66.7 Å². The first-order valence-electron chi connectivity index (χ1n) is 12.2. The minimum atomic E-state index is -0.972. The largest absolute Gasteiger partial charge is 0.492 e. The molecule has 0 saturated carbocycles. The zero-order valence-electron chi connectivity index (χ0n) is 21.1. The van der Waals surface area contributed by atoms with E-state index in [1.54, 1.807) is 30.3 Å². The van der Waals surface area contributed by atoms with Gasteiger partial charge in [0, 0.05) is 5.54 Å². The van der Waals surface area contributed by atoms with Gasteiger partial charge in [-0.3, -0.25) is 0 Å². The van der Waals surface area contributed by atoms with Gasteiger partial charge in [-0.15, -0.1) is 12.4 Å². The van der Waals surface area contributed by atoms with Crippen molar-refractivity contribution in [1.82, 2.24) is 0 Å². The molecule has 1 aliphatic rings. The second-order valence-electron chi connectivity index (χ2n) is 10.1. The number of nitrogens with zero attached hydrogens (tertiary/aromatic N) is 1. The quantitative estimate of drug-likeness (QED) is 0.318. The average Bonchev–Trinajstić information content (AvgIpc) is 3.23. The summed E-state index contributed by atoms with van der Waals surface area (Å²) in [7, 11) is 0. The summed E-state index contributed by atoms with van der Waals surface area (Å²) in [5.41, 5.74) is 10.5. The van der Waals surface area contributed by atoms with Crippen LogP contribution in [0.1, 0.15) is 59.7 Å². The molecule has 4 rings (SSSR count). The SMILES string of the molecule is CC(C)(N)[C@H](O)C1Cc2ccccc2C1CCCOc1cc(-c2ccc(C(=O)O)cc2)ccc1C#N.Cl. The Morgan fingerprint density at radius 2 is 1.81 bits per heavy atom. The maximum atomic E-state index is 11.1. The number of carboxylic acids is 1. The van der Waals surface area contributed by atoms with E-state index >= 15 is 0 Å². The van der Waals surface area contributed by atoms with E-state index in [-0.39, 0.29) is 29.8 Å². The molecule has 7 heteroatoms. The summed E-state index contributed by atoms with van der Waals surface area (Å²) in [6.07, 6.45) is 1.79. The summed E-state index contributed by atoms with van der Waals surface area (Å²) in [4.78, 5) is 11.1. The Balaban J connectivity index is 0.00000380. The third-order valence-corrected chi connectivity index (χ3v) is 7.08. The molecule has 3 atom stereocenters. The minimum absolute atomic E-state index is 0. The number of hydrogen-bond acceptors (Lipinski definition) is 5. The topological polar surface area (TPSA) is 117 Å². The summed E-state index contributed by atoms with van der Waals surface area (Å²) in [6, 6.07) is 22.5. The molecule has 0 amide bonds. The molecule has 0 spiro atoms. The van der Waals surface area contributed by atoms with E-state index in [1.807, 2.05) is 38.1 Å². The van der Waals surface area contributed by atoms with Crippen LogP contribution in [-0.4, -0.2) is 34.4 Å². The van der Waals surface area contributed by atoms with Crippen molar-refractivity contribution in [2.45, 2.75) is 50.7 Å². The van der Waals surface area contributed by atoms with E-state index in [0.717, 1.165) is 30.4 Å². The van der Waals surface area contributed by atoms with Crippen LogP contribution in [0.5, 0.6) is 5.75 Å². The Bertz CT molecular complexity index is 1280. The molecule has 4 N–H and O–H groups in total. The molecule has 0 aromatic heterocycles. The van der Waals surface area contributed by atoms with Crippen LogP contribution in [0, 0.1) is 17.2 Å². The number of halogens is 1. The smallest absolute Gasteiger partial charge is 0.335 e. The predicted molar refractivity (Wildman–Crippen MR) is 146 cm³/mol. The second-order valence-corrected chi connectivity index (χ2v) is 10.1. The van der Waals surface area contributed by atoms with Gasteiger partial charge in [-0.25, -0.2) is 4.79 Å². The maximum Gasteiger partial charge on any atom is 0.335 e. The minimum Gasteiger partial charge on any atom is -0.492 e. The van der Waals surface area contributed by atoms with Crippen molar-refractivity contribution < 1.29 is 19.7 Å². The zero-order valence-corrected chi connectivity index (χ0v) is 21.9. The molecule has 2 unspecified atom stereocenters. The summed E-state index contributed by atoms with van der Waals surface area (Å²) >= 11 is 0. The van der Waals surface area contributed by atoms with Gasteiger partial charge in [-0.1, -0.05) is 42.5 Å². The molecule has 6 nitrogen and oxygen atoms in total. The van der Waals surface area contributed by atoms with Crippen LogP contribution < -0.4 is 10.5 Å². The van der Waals surface area contributed by atoms with Gasteiger partial charge < -0.3 is 20.7 Å². The maximum absolute atomic E-state index is 11.1. The number of carboxylic acid groups (broad SMARTS) is 1. The Labute approximate surface area is 224 Å². The van der Waals surface area contributed by atoms with Gasteiger partial charge in [0.2, 0.25) is 0 Å². The van der Waals surface area contributed by atoms with E-state index in [4.69, 9.17) is 15.6 Å². The van der Waals surface area contributed by atoms with Gasteiger partial charge in [0.15, 0.2) is 0 Å². The van der Waals surface area contributed by atoms with Crippen molar-refractivity contribution in [2.24, 2.45) is 11.7 Å². The van der Waals surface area contributed by atoms with Gasteiger partial charge in [0.1, 0.15) is 11.8 Å². The lowest BCUT2D eigenvalue weighted by Gasteiger charge is -2.34. The highest BCUT2D eigenvalue weighted by Crippen LogP contribution is 2.44. The van der Waals surface area contributed by atoms with Gasteiger partial charge in [0.05, 0.1) is 23.8 Å². The number of rotatable bonds is 9. The molecule has 3 aromatic carbocycles. The normalized spacial score (nSPS) is 17.3. The third-order valence-electron chi connectivity index (χ3n) is 7.08. The number of benzene rings is 3. The Kier molecular flexibility index (Phi) is 8.98. The van der Waals surface area contributed by atoms with E-state index in [0.29, 0.717) is 17.9 Å². The Hall–Kier alpha value is -3.37. The van der Waals surface area contributed by atoms with Crippen LogP contribution in [0.4, 0.5) is 0 Å². The zero-order chi connectivity index (χ0) is 25.9. The number of aromatic carboxylic acids is 1. The van der Waals surface area contributed by atoms with Gasteiger partial charge in [-0.2, -0.15) is 5.26 Å². The lowest BCUT2D eigenvalue weighted by Crippen LogP contribution is -2.50. The monoisotopic (exact) mass is 520 g/mol. The molecule has 0 fully saturated rings. The number of ether oxygens (including phenoxy) is 1. The number of aliphatic hydroxyl groups excluding tert-OH is 1. The van der Waals surface area contributed by atoms with Crippen molar-refractivity contribution in [2.75, 3.05) is 6.61 Å². The van der Waals surface area contributed by atoms with E-state index in [1.165, 1.54) is 11.1 Å². The number of nitrogens with two attached hydrogens (primary N) is 1. The first kappa shape index (κ1) is 28.2. The Morgan fingerprint density at radius 3 is 2.46 bits per heavy atom. The molecule has 37 heavy (non-hydrogen) atoms. The number of carbonyl (C=O) groups is 1. The third kappa shape index (κ3) is 6.31. The number of aliphatic hydroxyl groups is 1. The molecule has 194 valence electrons. The lowest BCUT2D eigenvalue weighted by atomic mass is 9.78. The second kappa shape index (κ2) is 11.8. The first-order chi connectivity index (χ1) is 17.2. The fraction of sp³-hybridized carbons (Fsp3) is 0.333. The molecule has 0 aliphatic heterocycles. The molecule has 0 heterocycles. The first-order valence-corrected chi connectivity index (χ1v) is 12.2. The molecular weight excluding hydrogens is 488 g/mol. The van der Waals surface area contributed by atoms with Gasteiger partial charge >= 0.3 is 5.97 Å². The number of fused-ring (bicyclic) bond motifs is 1. The lowest BCUT2D eigenvalue weighted by molar-refractivity contribution is 0.0380.